The van der Waals surface area contributed by atoms with Crippen LogP contribution in [-0.2, 0) is 9.59 Å². The summed E-state index contributed by atoms with van der Waals surface area (Å²) in [5.41, 5.74) is 1.16. The van der Waals surface area contributed by atoms with Gasteiger partial charge in [0.1, 0.15) is 0 Å². The fraction of sp³-hybridized carbons (Fsp3) is 0.661. The van der Waals surface area contributed by atoms with E-state index in [0.717, 1.165) is 30.6 Å². The molecule has 67 heavy (non-hydrogen) atoms. The molecule has 2 aromatic carbocycles. The highest BCUT2D eigenvalue weighted by atomic mass is 16.2. The molecule has 0 atom stereocenters. The van der Waals surface area contributed by atoms with E-state index < -0.39 is 27.4 Å². The molecule has 5 amide bonds. The molecule has 11 nitrogen and oxygen atoms in total. The highest BCUT2D eigenvalue weighted by molar-refractivity contribution is 6.05. The van der Waals surface area contributed by atoms with Crippen LogP contribution >= 0.6 is 0 Å². The summed E-state index contributed by atoms with van der Waals surface area (Å²) < 4.78 is 0. The Morgan fingerprint density at radius 2 is 0.597 bits per heavy atom. The average Bonchev–Trinajstić information content (AvgIpc) is 3.02. The van der Waals surface area contributed by atoms with Gasteiger partial charge >= 0.3 is 0 Å². The van der Waals surface area contributed by atoms with Crippen molar-refractivity contribution >= 4 is 46.6 Å². The molecular formula is C56H96N6O5. The third kappa shape index (κ3) is 24.3. The van der Waals surface area contributed by atoms with Gasteiger partial charge < -0.3 is 31.9 Å². The van der Waals surface area contributed by atoms with Crippen molar-refractivity contribution in [3.63, 3.8) is 0 Å². The molecule has 2 rings (SSSR count). The van der Waals surface area contributed by atoms with Gasteiger partial charge in [-0.2, -0.15) is 0 Å². The van der Waals surface area contributed by atoms with Crippen LogP contribution in [0.25, 0.3) is 0 Å². The first-order chi connectivity index (χ1) is 29.1. The summed E-state index contributed by atoms with van der Waals surface area (Å²) in [4.78, 5) is 65.2. The van der Waals surface area contributed by atoms with E-state index in [1.54, 1.807) is 24.3 Å². The lowest BCUT2D eigenvalue weighted by molar-refractivity contribution is -0.123. The Bertz CT molecular complexity index is 1810. The number of nitrogens with one attached hydrogen (secondary N) is 6. The summed E-state index contributed by atoms with van der Waals surface area (Å²) in [6, 6.07) is 10.2. The molecule has 0 aliphatic carbocycles. The standard InChI is InChI=1S/C33H57N3O3.C22H35N3O2.CH4/c1-28(2,3)19-31(10,11)34-25(37)22-16-23(26(38)35-32(12,13)20-29(4,5)6)18-24(17-22)27(39)36-33(14,15)21-30(7,8)9;1-14(20(2,3)4)23-15-11-16(24-18(26)21(5,6)7)13-17(12-15)25-19(27)22(8,9)10;/h16-18H,19-21H2,1-15H3,(H,34,37)(H,35,38)(H,36,39);11-13,23H,1H2,2-10H3,(H,24,26)(H,25,27);1H4. The molecule has 0 heterocycles. The van der Waals surface area contributed by atoms with Crippen LogP contribution in [0.15, 0.2) is 48.7 Å². The fourth-order valence-electron chi connectivity index (χ4n) is 8.11. The number of benzene rings is 2. The van der Waals surface area contributed by atoms with Crippen LogP contribution in [-0.4, -0.2) is 46.2 Å². The molecule has 0 saturated heterocycles. The summed E-state index contributed by atoms with van der Waals surface area (Å²) in [5.74, 6) is -1.12. The Balaban J connectivity index is 0.00000136. The smallest absolute Gasteiger partial charge is 0.251 e. The maximum atomic E-state index is 13.5. The first kappa shape index (κ1) is 62.3. The van der Waals surface area contributed by atoms with Gasteiger partial charge in [-0.1, -0.05) is 139 Å². The van der Waals surface area contributed by atoms with Gasteiger partial charge in [0.2, 0.25) is 11.8 Å². The molecule has 0 aliphatic heterocycles. The van der Waals surface area contributed by atoms with Crippen LogP contribution in [0.5, 0.6) is 0 Å². The summed E-state index contributed by atoms with van der Waals surface area (Å²) in [7, 11) is 0. The fourth-order valence-corrected chi connectivity index (χ4v) is 8.11. The maximum absolute atomic E-state index is 13.5. The zero-order chi connectivity index (χ0) is 52.0. The largest absolute Gasteiger partial charge is 0.359 e. The van der Waals surface area contributed by atoms with E-state index in [4.69, 9.17) is 0 Å². The molecule has 0 radical (unpaired) electrons. The first-order valence-corrected chi connectivity index (χ1v) is 23.5. The Labute approximate surface area is 408 Å². The topological polar surface area (TPSA) is 158 Å². The van der Waals surface area contributed by atoms with E-state index in [2.05, 4.69) is 122 Å². The van der Waals surface area contributed by atoms with Gasteiger partial charge in [-0.3, -0.25) is 24.0 Å². The third-order valence-electron chi connectivity index (χ3n) is 10.0. The number of rotatable bonds is 13. The summed E-state index contributed by atoms with van der Waals surface area (Å²) in [5, 5.41) is 18.5. The Morgan fingerprint density at radius 1 is 0.373 bits per heavy atom. The zero-order valence-electron chi connectivity index (χ0n) is 45.8. The van der Waals surface area contributed by atoms with Crippen molar-refractivity contribution in [3.05, 3.63) is 65.4 Å². The molecule has 0 fully saturated rings. The van der Waals surface area contributed by atoms with Crippen LogP contribution in [0.3, 0.4) is 0 Å². The van der Waals surface area contributed by atoms with Gasteiger partial charge in [0, 0.05) is 72.3 Å². The number of carbonyl (C=O) groups excluding carboxylic acids is 5. The highest BCUT2D eigenvalue weighted by Crippen LogP contribution is 2.32. The molecule has 380 valence electrons. The number of hydrogen-bond acceptors (Lipinski definition) is 6. The lowest BCUT2D eigenvalue weighted by Crippen LogP contribution is -2.47. The SMILES string of the molecule is C.C=C(Nc1cc(NC(=O)C(C)(C)C)cc(NC(=O)C(C)(C)C)c1)C(C)(C)C.CC(C)(C)CC(C)(C)NC(=O)c1cc(C(=O)NC(C)(C)CC(C)(C)C)cc(C(=O)NC(C)(C)CC(C)(C)C)c1. The van der Waals surface area contributed by atoms with E-state index in [0.29, 0.717) is 11.4 Å². The molecule has 0 bridgehead atoms. The number of hydrogen-bond donors (Lipinski definition) is 6. The van der Waals surface area contributed by atoms with Crippen LogP contribution in [0.4, 0.5) is 17.1 Å². The van der Waals surface area contributed by atoms with Crippen molar-refractivity contribution < 1.29 is 24.0 Å². The molecule has 6 N–H and O–H groups in total. The van der Waals surface area contributed by atoms with Gasteiger partial charge in [-0.15, -0.1) is 0 Å². The third-order valence-corrected chi connectivity index (χ3v) is 10.0. The molecule has 0 spiro atoms. The second kappa shape index (κ2) is 22.2. The molecule has 0 aromatic heterocycles. The number of anilines is 3. The van der Waals surface area contributed by atoms with E-state index in [9.17, 15) is 24.0 Å². The van der Waals surface area contributed by atoms with Crippen molar-refractivity contribution in [2.45, 2.75) is 209 Å². The average molecular weight is 933 g/mol. The lowest BCUT2D eigenvalue weighted by atomic mass is 9.81. The van der Waals surface area contributed by atoms with Crippen molar-refractivity contribution in [1.29, 1.82) is 0 Å². The van der Waals surface area contributed by atoms with Gasteiger partial charge in [0.25, 0.3) is 17.7 Å². The molecule has 11 heteroatoms. The maximum Gasteiger partial charge on any atom is 0.251 e. The zero-order valence-corrected chi connectivity index (χ0v) is 45.8. The van der Waals surface area contributed by atoms with Gasteiger partial charge in [0.05, 0.1) is 0 Å². The first-order valence-electron chi connectivity index (χ1n) is 23.5. The van der Waals surface area contributed by atoms with Gasteiger partial charge in [-0.05, 0) is 113 Å². The second-order valence-corrected chi connectivity index (χ2v) is 27.1. The van der Waals surface area contributed by atoms with Crippen LogP contribution in [0.2, 0.25) is 0 Å². The van der Waals surface area contributed by atoms with Crippen LogP contribution < -0.4 is 31.9 Å². The highest BCUT2D eigenvalue weighted by Gasteiger charge is 2.32. The monoisotopic (exact) mass is 933 g/mol. The molecule has 0 aliphatic rings. The van der Waals surface area contributed by atoms with Gasteiger partial charge in [0.15, 0.2) is 0 Å². The molecule has 0 unspecified atom stereocenters. The van der Waals surface area contributed by atoms with E-state index >= 15 is 0 Å². The van der Waals surface area contributed by atoms with Gasteiger partial charge in [-0.25, -0.2) is 0 Å². The predicted octanol–water partition coefficient (Wildman–Crippen LogP) is 13.8. The minimum absolute atomic E-state index is 0. The summed E-state index contributed by atoms with van der Waals surface area (Å²) in [6.45, 7) is 52.6. The van der Waals surface area contributed by atoms with Crippen molar-refractivity contribution in [1.82, 2.24) is 16.0 Å². The van der Waals surface area contributed by atoms with Crippen LogP contribution in [0.1, 0.15) is 224 Å². The summed E-state index contributed by atoms with van der Waals surface area (Å²) in [6.07, 6.45) is 2.30. The lowest BCUT2D eigenvalue weighted by Gasteiger charge is -2.34. The number of allylic oxidation sites excluding steroid dienone is 1. The minimum atomic E-state index is -0.521. The quantitative estimate of drug-likeness (QED) is 0.117. The second-order valence-electron chi connectivity index (χ2n) is 27.1. The molecule has 2 aromatic rings. The van der Waals surface area contributed by atoms with Crippen LogP contribution in [0, 0.1) is 32.5 Å². The Kier molecular flexibility index (Phi) is 20.6. The van der Waals surface area contributed by atoms with E-state index in [-0.39, 0.29) is 75.3 Å². The van der Waals surface area contributed by atoms with Crippen molar-refractivity contribution in [2.75, 3.05) is 16.0 Å². The van der Waals surface area contributed by atoms with E-state index in [1.807, 2.05) is 95.2 Å². The Hall–Kier alpha value is -4.67. The molecule has 0 saturated carbocycles. The Morgan fingerprint density at radius 3 is 0.791 bits per heavy atom. The summed E-state index contributed by atoms with van der Waals surface area (Å²) >= 11 is 0. The van der Waals surface area contributed by atoms with E-state index in [1.165, 1.54) is 0 Å². The van der Waals surface area contributed by atoms with Crippen molar-refractivity contribution in [3.8, 4) is 0 Å². The predicted molar refractivity (Wildman–Crippen MR) is 285 cm³/mol. The number of amides is 5. The van der Waals surface area contributed by atoms with Crippen molar-refractivity contribution in [2.24, 2.45) is 32.5 Å². The number of carbonyl (C=O) groups is 5. The minimum Gasteiger partial charge on any atom is -0.359 e. The molecular weight excluding hydrogens is 837 g/mol. The normalized spacial score (nSPS) is 12.9.